The van der Waals surface area contributed by atoms with Gasteiger partial charge in [0.2, 0.25) is 5.82 Å². The monoisotopic (exact) mass is 626 g/mol. The van der Waals surface area contributed by atoms with Crippen LogP contribution >= 0.6 is 22.6 Å². The van der Waals surface area contributed by atoms with Crippen molar-refractivity contribution in [3.05, 3.63) is 15.6 Å². The summed E-state index contributed by atoms with van der Waals surface area (Å²) in [5, 5.41) is 10.4. The maximum atomic E-state index is 9.60. The molecule has 2 saturated heterocycles. The Morgan fingerprint density at radius 1 is 1.28 bits per heavy atom. The van der Waals surface area contributed by atoms with Crippen molar-refractivity contribution in [1.29, 1.82) is 5.26 Å². The molecule has 0 radical (unpaired) electrons. The van der Waals surface area contributed by atoms with Gasteiger partial charge in [0, 0.05) is 23.9 Å². The normalized spacial score (nSPS) is 26.0. The third kappa shape index (κ3) is 5.19. The standard InChI is InChI=1S/C24H35IN6O4Si/c1-23(2,3)36(8,9)32-12-15-18-19(35-24(4,5)34-18)22(33-15)31-11-14(25)17-20(27-13-30(6)7)28-16(10-26)29-21(17)31/h11,13,15,18-19,22H,12H2,1-9H3/b27-13-/t15-,18-,19-,22-/m1/s1. The van der Waals surface area contributed by atoms with Crippen LogP contribution in [0.2, 0.25) is 18.1 Å². The van der Waals surface area contributed by atoms with Crippen LogP contribution in [0.3, 0.4) is 0 Å². The summed E-state index contributed by atoms with van der Waals surface area (Å²) in [4.78, 5) is 15.2. The lowest BCUT2D eigenvalue weighted by Gasteiger charge is -2.37. The maximum absolute atomic E-state index is 9.60. The number of hydrogen-bond donors (Lipinski definition) is 0. The van der Waals surface area contributed by atoms with Gasteiger partial charge < -0.3 is 28.1 Å². The Kier molecular flexibility index (Phi) is 7.30. The summed E-state index contributed by atoms with van der Waals surface area (Å²) in [7, 11) is 1.76. The zero-order chi connectivity index (χ0) is 26.6. The molecule has 10 nitrogen and oxygen atoms in total. The predicted octanol–water partition coefficient (Wildman–Crippen LogP) is 4.57. The molecule has 0 aromatic carbocycles. The van der Waals surface area contributed by atoms with Gasteiger partial charge in [0.05, 0.1) is 18.3 Å². The molecule has 12 heteroatoms. The van der Waals surface area contributed by atoms with Crippen molar-refractivity contribution in [1.82, 2.24) is 19.4 Å². The van der Waals surface area contributed by atoms with Gasteiger partial charge in [-0.1, -0.05) is 20.8 Å². The van der Waals surface area contributed by atoms with Gasteiger partial charge in [-0.05, 0) is 54.6 Å². The van der Waals surface area contributed by atoms with Crippen LogP contribution in [0.1, 0.15) is 46.7 Å². The van der Waals surface area contributed by atoms with E-state index >= 15 is 0 Å². The molecule has 2 aromatic rings. The number of hydrogen-bond acceptors (Lipinski definition) is 8. The lowest BCUT2D eigenvalue weighted by Crippen LogP contribution is -2.44. The van der Waals surface area contributed by atoms with E-state index in [9.17, 15) is 5.26 Å². The van der Waals surface area contributed by atoms with Crippen LogP contribution < -0.4 is 0 Å². The predicted molar refractivity (Wildman–Crippen MR) is 148 cm³/mol. The first kappa shape index (κ1) is 27.4. The van der Waals surface area contributed by atoms with Crippen LogP contribution in [-0.4, -0.2) is 78.9 Å². The van der Waals surface area contributed by atoms with Gasteiger partial charge in [-0.15, -0.1) is 0 Å². The lowest BCUT2D eigenvalue weighted by molar-refractivity contribution is -0.199. The van der Waals surface area contributed by atoms with Crippen molar-refractivity contribution in [2.24, 2.45) is 4.99 Å². The number of aromatic nitrogens is 3. The van der Waals surface area contributed by atoms with E-state index in [1.807, 2.05) is 43.6 Å². The molecule has 4 atom stereocenters. The molecule has 0 spiro atoms. The Morgan fingerprint density at radius 3 is 2.56 bits per heavy atom. The van der Waals surface area contributed by atoms with E-state index in [2.05, 4.69) is 77.5 Å². The minimum Gasteiger partial charge on any atom is -0.414 e. The van der Waals surface area contributed by atoms with Crippen LogP contribution in [0, 0.1) is 14.9 Å². The van der Waals surface area contributed by atoms with Crippen LogP contribution in [-0.2, 0) is 18.6 Å². The number of ether oxygens (including phenoxy) is 3. The van der Waals surface area contributed by atoms with Crippen molar-refractivity contribution in [3.63, 3.8) is 0 Å². The molecule has 0 amide bonds. The molecule has 0 aliphatic carbocycles. The van der Waals surface area contributed by atoms with Gasteiger partial charge in [0.1, 0.15) is 30.0 Å². The maximum Gasteiger partial charge on any atom is 0.236 e. The summed E-state index contributed by atoms with van der Waals surface area (Å²) < 4.78 is 28.5. The fraction of sp³-hybridized carbons (Fsp3) is 0.667. The second-order valence-electron chi connectivity index (χ2n) is 11.5. The number of rotatable bonds is 6. The second-order valence-corrected chi connectivity index (χ2v) is 17.4. The molecule has 4 rings (SSSR count). The average molecular weight is 627 g/mol. The lowest BCUT2D eigenvalue weighted by atomic mass is 10.1. The largest absolute Gasteiger partial charge is 0.414 e. The molecular weight excluding hydrogens is 591 g/mol. The first-order chi connectivity index (χ1) is 16.6. The Morgan fingerprint density at radius 2 is 1.94 bits per heavy atom. The fourth-order valence-corrected chi connectivity index (χ4v) is 5.91. The highest BCUT2D eigenvalue weighted by Gasteiger charge is 2.56. The Balaban J connectivity index is 1.74. The number of halogens is 1. The molecule has 0 saturated carbocycles. The Labute approximate surface area is 227 Å². The molecule has 2 aliphatic heterocycles. The fourth-order valence-electron chi connectivity index (χ4n) is 4.12. The molecule has 36 heavy (non-hydrogen) atoms. The average Bonchev–Trinajstić information content (AvgIpc) is 3.37. The van der Waals surface area contributed by atoms with Crippen LogP contribution in [0.25, 0.3) is 11.0 Å². The van der Waals surface area contributed by atoms with Crippen LogP contribution in [0.15, 0.2) is 11.2 Å². The second kappa shape index (κ2) is 9.59. The molecule has 196 valence electrons. The first-order valence-corrected chi connectivity index (χ1v) is 16.0. The summed E-state index contributed by atoms with van der Waals surface area (Å²) in [6, 6.07) is 2.06. The third-order valence-corrected chi connectivity index (χ3v) is 12.3. The molecule has 2 aliphatic rings. The highest BCUT2D eigenvalue weighted by molar-refractivity contribution is 14.1. The zero-order valence-electron chi connectivity index (χ0n) is 22.4. The number of fused-ring (bicyclic) bond motifs is 2. The summed E-state index contributed by atoms with van der Waals surface area (Å²) in [5.41, 5.74) is 0.569. The molecule has 0 bridgehead atoms. The minimum atomic E-state index is -1.99. The van der Waals surface area contributed by atoms with Crippen molar-refractivity contribution in [2.75, 3.05) is 20.7 Å². The third-order valence-electron chi connectivity index (χ3n) is 6.93. The highest BCUT2D eigenvalue weighted by Crippen LogP contribution is 2.46. The van der Waals surface area contributed by atoms with E-state index in [-0.39, 0.29) is 29.2 Å². The summed E-state index contributed by atoms with van der Waals surface area (Å²) in [6.07, 6.45) is 2.12. The number of nitriles is 1. The summed E-state index contributed by atoms with van der Waals surface area (Å²) in [5.74, 6) is -0.276. The van der Waals surface area contributed by atoms with Gasteiger partial charge in [-0.25, -0.2) is 9.98 Å². The van der Waals surface area contributed by atoms with Gasteiger partial charge in [0.15, 0.2) is 26.2 Å². The van der Waals surface area contributed by atoms with Crippen molar-refractivity contribution in [3.8, 4) is 6.07 Å². The van der Waals surface area contributed by atoms with Gasteiger partial charge in [-0.2, -0.15) is 10.2 Å². The molecule has 4 heterocycles. The summed E-state index contributed by atoms with van der Waals surface area (Å²) >= 11 is 2.24. The first-order valence-electron chi connectivity index (χ1n) is 12.0. The van der Waals surface area contributed by atoms with E-state index in [4.69, 9.17) is 18.6 Å². The van der Waals surface area contributed by atoms with Gasteiger partial charge in [0.25, 0.3) is 0 Å². The molecule has 2 aromatic heterocycles. The Bertz CT molecular complexity index is 1220. The minimum absolute atomic E-state index is 0.0421. The smallest absolute Gasteiger partial charge is 0.236 e. The van der Waals surface area contributed by atoms with Gasteiger partial charge in [-0.3, -0.25) is 0 Å². The molecular formula is C24H35IN6O4Si. The zero-order valence-corrected chi connectivity index (χ0v) is 25.5. The van der Waals surface area contributed by atoms with Crippen LogP contribution in [0.5, 0.6) is 0 Å². The van der Waals surface area contributed by atoms with Crippen molar-refractivity contribution >= 4 is 54.1 Å². The number of nitrogens with zero attached hydrogens (tertiary/aromatic N) is 6. The summed E-state index contributed by atoms with van der Waals surface area (Å²) in [6.45, 7) is 15.3. The van der Waals surface area contributed by atoms with E-state index in [0.717, 1.165) is 8.96 Å². The van der Waals surface area contributed by atoms with E-state index in [0.29, 0.717) is 18.1 Å². The molecule has 0 N–H and O–H groups in total. The van der Waals surface area contributed by atoms with Gasteiger partial charge >= 0.3 is 0 Å². The van der Waals surface area contributed by atoms with Crippen molar-refractivity contribution < 1.29 is 18.6 Å². The molecule has 2 fully saturated rings. The SMILES string of the molecule is CN(C)/C=N\c1nc(C#N)nc2c1c(I)cn2[C@@H]1O[C@H](CO[Si](C)(C)C(C)(C)C)[C@H]2OC(C)(C)O[C@H]21. The van der Waals surface area contributed by atoms with Crippen LogP contribution in [0.4, 0.5) is 5.82 Å². The number of aliphatic imine (C=N–C) groups is 1. The van der Waals surface area contributed by atoms with Crippen molar-refractivity contribution in [2.45, 2.75) is 83.1 Å². The van der Waals surface area contributed by atoms with E-state index in [1.54, 1.807) is 6.34 Å². The van der Waals surface area contributed by atoms with E-state index < -0.39 is 20.3 Å². The quantitative estimate of drug-likeness (QED) is 0.199. The Hall–Kier alpha value is -1.63. The molecule has 0 unspecified atom stereocenters. The topological polar surface area (TPSA) is 107 Å². The van der Waals surface area contributed by atoms with E-state index in [1.165, 1.54) is 0 Å². The highest BCUT2D eigenvalue weighted by atomic mass is 127.